The number of rotatable bonds is 9. The molecule has 0 bridgehead atoms. The van der Waals surface area contributed by atoms with Crippen molar-refractivity contribution in [3.63, 3.8) is 0 Å². The maximum absolute atomic E-state index is 12.2. The molecule has 1 fully saturated rings. The van der Waals surface area contributed by atoms with Gasteiger partial charge in [-0.3, -0.25) is 14.3 Å². The Morgan fingerprint density at radius 3 is 2.61 bits per heavy atom. The Bertz CT molecular complexity index is 1280. The molecule has 0 saturated carbocycles. The molecule has 1 saturated heterocycles. The lowest BCUT2D eigenvalue weighted by Crippen LogP contribution is -2.31. The summed E-state index contributed by atoms with van der Waals surface area (Å²) in [5, 5.41) is 23.3. The highest BCUT2D eigenvalue weighted by Crippen LogP contribution is 2.40. The zero-order chi connectivity index (χ0) is 25.5. The van der Waals surface area contributed by atoms with Crippen LogP contribution in [0, 0.1) is 0 Å². The average Bonchev–Trinajstić information content (AvgIpc) is 3.15. The summed E-state index contributed by atoms with van der Waals surface area (Å²) in [6, 6.07) is 10.9. The molecule has 10 nitrogen and oxygen atoms in total. The standard InChI is InChI=1S/C25H28BrN5O5/c1-34-21-9-6-17(12-22(21)35-2)14-27-36-15-23(32)28-29-24-19-13-18(26)7-8-20(19)31(25(24)33)16-30-10-4-3-5-11-30/h6-9,12-14,33H,3-5,10-11,15-16H2,1-2H3. The molecule has 0 radical (unpaired) electrons. The predicted octanol–water partition coefficient (Wildman–Crippen LogP) is 5.23. The number of oxime groups is 1. The van der Waals surface area contributed by atoms with Crippen LogP contribution in [0.25, 0.3) is 10.9 Å². The number of carbonyl (C=O) groups excluding carboxylic acids is 1. The molecule has 2 aromatic carbocycles. The number of azo groups is 1. The van der Waals surface area contributed by atoms with Crippen molar-refractivity contribution in [2.45, 2.75) is 25.9 Å². The Balaban J connectivity index is 1.44. The van der Waals surface area contributed by atoms with Crippen molar-refractivity contribution in [1.29, 1.82) is 0 Å². The number of hydrogen-bond acceptors (Lipinski definition) is 8. The van der Waals surface area contributed by atoms with Gasteiger partial charge in [0.05, 0.1) is 32.6 Å². The van der Waals surface area contributed by atoms with Crippen LogP contribution in [-0.4, -0.2) is 60.6 Å². The van der Waals surface area contributed by atoms with Crippen LogP contribution < -0.4 is 9.47 Å². The highest BCUT2D eigenvalue weighted by Gasteiger charge is 2.20. The lowest BCUT2D eigenvalue weighted by atomic mass is 10.1. The molecule has 3 aromatic rings. The third-order valence-corrected chi connectivity index (χ3v) is 6.39. The number of aromatic nitrogens is 1. The first-order chi connectivity index (χ1) is 17.5. The second kappa shape index (κ2) is 12.0. The molecule has 36 heavy (non-hydrogen) atoms. The topological polar surface area (TPSA) is 110 Å². The number of halogens is 1. The van der Waals surface area contributed by atoms with Gasteiger partial charge in [0, 0.05) is 15.4 Å². The van der Waals surface area contributed by atoms with Crippen molar-refractivity contribution in [1.82, 2.24) is 9.47 Å². The van der Waals surface area contributed by atoms with Crippen LogP contribution in [0.2, 0.25) is 0 Å². The van der Waals surface area contributed by atoms with E-state index >= 15 is 0 Å². The van der Waals surface area contributed by atoms with E-state index in [-0.39, 0.29) is 11.6 Å². The summed E-state index contributed by atoms with van der Waals surface area (Å²) in [5.41, 5.74) is 1.77. The van der Waals surface area contributed by atoms with Gasteiger partial charge in [0.1, 0.15) is 0 Å². The molecular weight excluding hydrogens is 530 g/mol. The van der Waals surface area contributed by atoms with E-state index in [0.29, 0.717) is 29.1 Å². The second-order valence-corrected chi connectivity index (χ2v) is 9.21. The third kappa shape index (κ3) is 6.03. The number of amides is 1. The van der Waals surface area contributed by atoms with E-state index in [2.05, 4.69) is 36.2 Å². The lowest BCUT2D eigenvalue weighted by Gasteiger charge is -2.27. The van der Waals surface area contributed by atoms with Gasteiger partial charge in [0.2, 0.25) is 5.88 Å². The molecule has 4 rings (SSSR count). The first-order valence-electron chi connectivity index (χ1n) is 11.5. The quantitative estimate of drug-likeness (QED) is 0.219. The van der Waals surface area contributed by atoms with Gasteiger partial charge in [0.15, 0.2) is 23.8 Å². The minimum Gasteiger partial charge on any atom is -0.493 e. The summed E-state index contributed by atoms with van der Waals surface area (Å²) < 4.78 is 13.1. The minimum atomic E-state index is -0.634. The number of ether oxygens (including phenoxy) is 2. The van der Waals surface area contributed by atoms with E-state index in [4.69, 9.17) is 14.3 Å². The second-order valence-electron chi connectivity index (χ2n) is 8.30. The van der Waals surface area contributed by atoms with Gasteiger partial charge >= 0.3 is 5.91 Å². The number of hydrogen-bond donors (Lipinski definition) is 1. The molecule has 1 aliphatic heterocycles. The smallest absolute Gasteiger partial charge is 0.304 e. The van der Waals surface area contributed by atoms with Crippen LogP contribution in [0.1, 0.15) is 24.8 Å². The predicted molar refractivity (Wildman–Crippen MR) is 139 cm³/mol. The van der Waals surface area contributed by atoms with Crippen LogP contribution in [0.4, 0.5) is 5.69 Å². The minimum absolute atomic E-state index is 0.0300. The number of benzene rings is 2. The van der Waals surface area contributed by atoms with Crippen LogP contribution in [0.3, 0.4) is 0 Å². The van der Waals surface area contributed by atoms with Crippen LogP contribution in [0.5, 0.6) is 17.4 Å². The van der Waals surface area contributed by atoms with Gasteiger partial charge in [-0.1, -0.05) is 27.5 Å². The van der Waals surface area contributed by atoms with Crippen molar-refractivity contribution in [3.05, 3.63) is 46.4 Å². The number of nitrogens with zero attached hydrogens (tertiary/aromatic N) is 5. The maximum Gasteiger partial charge on any atom is 0.304 e. The van der Waals surface area contributed by atoms with E-state index in [1.807, 2.05) is 18.2 Å². The lowest BCUT2D eigenvalue weighted by molar-refractivity contribution is -0.122. The van der Waals surface area contributed by atoms with Gasteiger partial charge in [-0.2, -0.15) is 0 Å². The zero-order valence-corrected chi connectivity index (χ0v) is 21.8. The number of carbonyl (C=O) groups is 1. The molecule has 1 aromatic heterocycles. The molecule has 1 aliphatic rings. The van der Waals surface area contributed by atoms with Gasteiger partial charge in [-0.25, -0.2) is 0 Å². The molecule has 0 aliphatic carbocycles. The number of fused-ring (bicyclic) bond motifs is 1. The van der Waals surface area contributed by atoms with Crippen molar-refractivity contribution >= 4 is 44.6 Å². The molecule has 1 N–H and O–H groups in total. The van der Waals surface area contributed by atoms with Crippen molar-refractivity contribution in [2.75, 3.05) is 33.9 Å². The fourth-order valence-corrected chi connectivity index (χ4v) is 4.46. The largest absolute Gasteiger partial charge is 0.493 e. The first kappa shape index (κ1) is 25.6. The summed E-state index contributed by atoms with van der Waals surface area (Å²) in [5.74, 6) is 0.486. The Kier molecular flexibility index (Phi) is 8.55. The molecule has 0 atom stereocenters. The van der Waals surface area contributed by atoms with E-state index in [1.165, 1.54) is 12.6 Å². The molecule has 1 amide bonds. The molecule has 2 heterocycles. The number of aromatic hydroxyl groups is 1. The van der Waals surface area contributed by atoms with E-state index in [1.54, 1.807) is 37.0 Å². The van der Waals surface area contributed by atoms with Crippen LogP contribution in [0.15, 0.2) is 56.3 Å². The molecule has 190 valence electrons. The number of piperidine rings is 1. The number of likely N-dealkylation sites (tertiary alicyclic amines) is 1. The summed E-state index contributed by atoms with van der Waals surface area (Å²) in [6.07, 6.45) is 4.95. The highest BCUT2D eigenvalue weighted by molar-refractivity contribution is 9.10. The molecule has 0 spiro atoms. The van der Waals surface area contributed by atoms with Gasteiger partial charge in [0.25, 0.3) is 0 Å². The summed E-state index contributed by atoms with van der Waals surface area (Å²) in [4.78, 5) is 19.6. The van der Waals surface area contributed by atoms with Gasteiger partial charge < -0.3 is 19.4 Å². The van der Waals surface area contributed by atoms with Crippen molar-refractivity contribution < 1.29 is 24.2 Å². The Labute approximate surface area is 217 Å². The molecular formula is C25H28BrN5O5. The van der Waals surface area contributed by atoms with Crippen LogP contribution >= 0.6 is 15.9 Å². The summed E-state index contributed by atoms with van der Waals surface area (Å²) in [6.45, 7) is 2.10. The average molecular weight is 558 g/mol. The highest BCUT2D eigenvalue weighted by atomic mass is 79.9. The Morgan fingerprint density at radius 2 is 1.86 bits per heavy atom. The fraction of sp³-hybridized carbons (Fsp3) is 0.360. The molecule has 11 heteroatoms. The Hall–Kier alpha value is -3.44. The van der Waals surface area contributed by atoms with Crippen molar-refractivity contribution in [2.24, 2.45) is 15.4 Å². The fourth-order valence-electron chi connectivity index (χ4n) is 4.10. The normalized spacial score (nSPS) is 14.6. The monoisotopic (exact) mass is 557 g/mol. The summed E-state index contributed by atoms with van der Waals surface area (Å²) in [7, 11) is 3.10. The summed E-state index contributed by atoms with van der Waals surface area (Å²) >= 11 is 3.47. The van der Waals surface area contributed by atoms with E-state index in [0.717, 1.165) is 35.9 Å². The number of methoxy groups -OCH3 is 2. The third-order valence-electron chi connectivity index (χ3n) is 5.90. The van der Waals surface area contributed by atoms with Crippen molar-refractivity contribution in [3.8, 4) is 17.4 Å². The maximum atomic E-state index is 12.2. The molecule has 0 unspecified atom stereocenters. The van der Waals surface area contributed by atoms with Gasteiger partial charge in [-0.15, -0.1) is 10.2 Å². The van der Waals surface area contributed by atoms with Gasteiger partial charge in [-0.05, 0) is 62.3 Å². The zero-order valence-electron chi connectivity index (χ0n) is 20.2. The first-order valence-corrected chi connectivity index (χ1v) is 12.3. The van der Waals surface area contributed by atoms with E-state index in [9.17, 15) is 9.90 Å². The Morgan fingerprint density at radius 1 is 1.08 bits per heavy atom. The van der Waals surface area contributed by atoms with E-state index < -0.39 is 12.5 Å². The SMILES string of the molecule is COc1ccc(C=NOCC(=O)N=Nc2c(O)n(CN3CCCCC3)c3ccc(Br)cc23)cc1OC. The van der Waals surface area contributed by atoms with Crippen LogP contribution in [-0.2, 0) is 16.3 Å².